The molecule has 0 radical (unpaired) electrons. The summed E-state index contributed by atoms with van der Waals surface area (Å²) in [5.74, 6) is -1.00. The molecule has 0 spiro atoms. The van der Waals surface area contributed by atoms with Crippen molar-refractivity contribution in [3.05, 3.63) is 29.3 Å². The van der Waals surface area contributed by atoms with Gasteiger partial charge in [0.15, 0.2) is 0 Å². The zero-order valence-corrected chi connectivity index (χ0v) is 11.5. The van der Waals surface area contributed by atoms with Crippen molar-refractivity contribution in [2.75, 3.05) is 25.6 Å². The van der Waals surface area contributed by atoms with Crippen molar-refractivity contribution < 1.29 is 19.4 Å². The van der Waals surface area contributed by atoms with Crippen LogP contribution in [-0.4, -0.2) is 48.3 Å². The minimum Gasteiger partial charge on any atom is -0.478 e. The Bertz CT molecular complexity index is 524. The van der Waals surface area contributed by atoms with Gasteiger partial charge in [0.2, 0.25) is 0 Å². The third-order valence-electron chi connectivity index (χ3n) is 3.49. The zero-order valence-electron chi connectivity index (χ0n) is 11.5. The summed E-state index contributed by atoms with van der Waals surface area (Å²) in [5.41, 5.74) is 1.33. The molecule has 2 N–H and O–H groups in total. The van der Waals surface area contributed by atoms with Crippen LogP contribution in [0.3, 0.4) is 0 Å². The van der Waals surface area contributed by atoms with Crippen LogP contribution >= 0.6 is 0 Å². The van der Waals surface area contributed by atoms with Gasteiger partial charge >= 0.3 is 12.0 Å². The van der Waals surface area contributed by atoms with Crippen LogP contribution < -0.4 is 5.32 Å². The molecule has 2 rings (SSSR count). The lowest BCUT2D eigenvalue weighted by Crippen LogP contribution is -2.40. The van der Waals surface area contributed by atoms with E-state index in [0.29, 0.717) is 24.5 Å². The lowest BCUT2D eigenvalue weighted by Gasteiger charge is -2.23. The molecule has 108 valence electrons. The number of hydrogen-bond acceptors (Lipinski definition) is 3. The third-order valence-corrected chi connectivity index (χ3v) is 3.49. The number of rotatable bonds is 3. The fraction of sp³-hybridized carbons (Fsp3) is 0.429. The number of ether oxygens (including phenoxy) is 1. The summed E-state index contributed by atoms with van der Waals surface area (Å²) in [6, 6.07) is 4.64. The molecule has 1 aromatic carbocycles. The van der Waals surface area contributed by atoms with Gasteiger partial charge < -0.3 is 20.1 Å². The minimum atomic E-state index is -1.00. The standard InChI is InChI=1S/C14H18N2O4/c1-9-3-4-10(7-12(9)13(17)18)15-14(19)16(2)11-5-6-20-8-11/h3-4,7,11H,5-6,8H2,1-2H3,(H,15,19)(H,17,18). The number of carbonyl (C=O) groups is 2. The number of aryl methyl sites for hydroxylation is 1. The predicted octanol–water partition coefficient (Wildman–Crippen LogP) is 1.95. The van der Waals surface area contributed by atoms with Crippen molar-refractivity contribution in [3.8, 4) is 0 Å². The number of anilines is 1. The maximum atomic E-state index is 12.1. The molecule has 1 aliphatic rings. The number of aromatic carboxylic acids is 1. The van der Waals surface area contributed by atoms with Gasteiger partial charge in [0.1, 0.15) is 0 Å². The first kappa shape index (κ1) is 14.3. The maximum Gasteiger partial charge on any atom is 0.336 e. The summed E-state index contributed by atoms with van der Waals surface area (Å²) >= 11 is 0. The van der Waals surface area contributed by atoms with Crippen LogP contribution in [0, 0.1) is 6.92 Å². The Morgan fingerprint density at radius 1 is 1.45 bits per heavy atom. The number of nitrogens with zero attached hydrogens (tertiary/aromatic N) is 1. The number of carbonyl (C=O) groups excluding carboxylic acids is 1. The zero-order chi connectivity index (χ0) is 14.7. The fourth-order valence-corrected chi connectivity index (χ4v) is 2.14. The molecule has 20 heavy (non-hydrogen) atoms. The topological polar surface area (TPSA) is 78.9 Å². The van der Waals surface area contributed by atoms with Crippen molar-refractivity contribution in [2.24, 2.45) is 0 Å². The van der Waals surface area contributed by atoms with Gasteiger partial charge in [0.05, 0.1) is 18.2 Å². The number of amides is 2. The number of nitrogens with one attached hydrogen (secondary N) is 1. The SMILES string of the molecule is Cc1ccc(NC(=O)N(C)C2CCOC2)cc1C(=O)O. The van der Waals surface area contributed by atoms with Gasteiger partial charge in [0, 0.05) is 19.3 Å². The molecule has 1 saturated heterocycles. The maximum absolute atomic E-state index is 12.1. The Hall–Kier alpha value is -2.08. The Labute approximate surface area is 117 Å². The van der Waals surface area contributed by atoms with Crippen LogP contribution in [0.15, 0.2) is 18.2 Å². The van der Waals surface area contributed by atoms with Crippen LogP contribution in [0.1, 0.15) is 22.3 Å². The van der Waals surface area contributed by atoms with Gasteiger partial charge in [-0.15, -0.1) is 0 Å². The van der Waals surface area contributed by atoms with E-state index >= 15 is 0 Å². The quantitative estimate of drug-likeness (QED) is 0.885. The predicted molar refractivity (Wildman–Crippen MR) is 74.1 cm³/mol. The molecule has 1 aromatic rings. The van der Waals surface area contributed by atoms with Crippen molar-refractivity contribution in [1.29, 1.82) is 0 Å². The molecule has 1 fully saturated rings. The molecule has 0 bridgehead atoms. The van der Waals surface area contributed by atoms with Gasteiger partial charge in [-0.3, -0.25) is 0 Å². The second-order valence-corrected chi connectivity index (χ2v) is 4.89. The smallest absolute Gasteiger partial charge is 0.336 e. The van der Waals surface area contributed by atoms with E-state index in [-0.39, 0.29) is 17.6 Å². The average Bonchev–Trinajstić information content (AvgIpc) is 2.93. The molecular formula is C14H18N2O4. The van der Waals surface area contributed by atoms with Crippen molar-refractivity contribution in [2.45, 2.75) is 19.4 Å². The van der Waals surface area contributed by atoms with Crippen LogP contribution in [-0.2, 0) is 4.74 Å². The number of carboxylic acids is 1. The highest BCUT2D eigenvalue weighted by Crippen LogP contribution is 2.17. The van der Waals surface area contributed by atoms with Gasteiger partial charge in [-0.05, 0) is 31.0 Å². The molecule has 0 aliphatic carbocycles. The Balaban J connectivity index is 2.07. The molecule has 1 unspecified atom stereocenters. The first-order valence-electron chi connectivity index (χ1n) is 6.44. The van der Waals surface area contributed by atoms with Gasteiger partial charge in [-0.2, -0.15) is 0 Å². The molecule has 1 aliphatic heterocycles. The van der Waals surface area contributed by atoms with Crippen molar-refractivity contribution in [3.63, 3.8) is 0 Å². The van der Waals surface area contributed by atoms with E-state index in [9.17, 15) is 9.59 Å². The number of benzene rings is 1. The lowest BCUT2D eigenvalue weighted by molar-refractivity contribution is 0.0696. The second-order valence-electron chi connectivity index (χ2n) is 4.89. The Kier molecular flexibility index (Phi) is 4.24. The third kappa shape index (κ3) is 3.08. The number of hydrogen-bond donors (Lipinski definition) is 2. The largest absolute Gasteiger partial charge is 0.478 e. The number of urea groups is 1. The highest BCUT2D eigenvalue weighted by atomic mass is 16.5. The summed E-state index contributed by atoms with van der Waals surface area (Å²) in [7, 11) is 1.71. The minimum absolute atomic E-state index is 0.0689. The molecule has 0 saturated carbocycles. The molecule has 0 aromatic heterocycles. The summed E-state index contributed by atoms with van der Waals surface area (Å²) in [5, 5.41) is 11.8. The van der Waals surface area contributed by atoms with E-state index in [2.05, 4.69) is 5.32 Å². The second kappa shape index (κ2) is 5.92. The van der Waals surface area contributed by atoms with Crippen molar-refractivity contribution in [1.82, 2.24) is 4.90 Å². The summed E-state index contributed by atoms with van der Waals surface area (Å²) in [6.07, 6.45) is 0.818. The summed E-state index contributed by atoms with van der Waals surface area (Å²) < 4.78 is 5.25. The molecule has 6 heteroatoms. The summed E-state index contributed by atoms with van der Waals surface area (Å²) in [4.78, 5) is 24.7. The van der Waals surface area contributed by atoms with Crippen LogP contribution in [0.4, 0.5) is 10.5 Å². The highest BCUT2D eigenvalue weighted by molar-refractivity contribution is 5.94. The van der Waals surface area contributed by atoms with E-state index in [1.807, 2.05) is 0 Å². The van der Waals surface area contributed by atoms with E-state index in [1.54, 1.807) is 31.0 Å². The van der Waals surface area contributed by atoms with E-state index in [0.717, 1.165) is 6.42 Å². The van der Waals surface area contributed by atoms with Gasteiger partial charge in [0.25, 0.3) is 0 Å². The molecule has 1 atom stereocenters. The monoisotopic (exact) mass is 278 g/mol. The first-order chi connectivity index (χ1) is 9.49. The molecule has 2 amide bonds. The fourth-order valence-electron chi connectivity index (χ4n) is 2.14. The lowest BCUT2D eigenvalue weighted by atomic mass is 10.1. The van der Waals surface area contributed by atoms with Gasteiger partial charge in [-0.1, -0.05) is 6.07 Å². The van der Waals surface area contributed by atoms with E-state index in [4.69, 9.17) is 9.84 Å². The van der Waals surface area contributed by atoms with Crippen LogP contribution in [0.5, 0.6) is 0 Å². The Morgan fingerprint density at radius 2 is 2.20 bits per heavy atom. The first-order valence-corrected chi connectivity index (χ1v) is 6.44. The highest BCUT2D eigenvalue weighted by Gasteiger charge is 2.24. The average molecular weight is 278 g/mol. The van der Waals surface area contributed by atoms with Crippen LogP contribution in [0.2, 0.25) is 0 Å². The summed E-state index contributed by atoms with van der Waals surface area (Å²) in [6.45, 7) is 2.92. The number of likely N-dealkylation sites (N-methyl/N-ethyl adjacent to an activating group) is 1. The van der Waals surface area contributed by atoms with Crippen molar-refractivity contribution >= 4 is 17.7 Å². The molecular weight excluding hydrogens is 260 g/mol. The van der Waals surface area contributed by atoms with E-state index < -0.39 is 5.97 Å². The molecule has 1 heterocycles. The molecule has 6 nitrogen and oxygen atoms in total. The van der Waals surface area contributed by atoms with Crippen LogP contribution in [0.25, 0.3) is 0 Å². The van der Waals surface area contributed by atoms with Gasteiger partial charge in [-0.25, -0.2) is 9.59 Å². The number of carboxylic acid groups (broad SMARTS) is 1. The normalized spacial score (nSPS) is 17.8. The Morgan fingerprint density at radius 3 is 2.80 bits per heavy atom. The van der Waals surface area contributed by atoms with E-state index in [1.165, 1.54) is 6.07 Å².